The van der Waals surface area contributed by atoms with Crippen LogP contribution in [-0.4, -0.2) is 22.2 Å². The predicted molar refractivity (Wildman–Crippen MR) is 47.5 cm³/mol. The van der Waals surface area contributed by atoms with E-state index in [4.69, 9.17) is 10.2 Å². The van der Waals surface area contributed by atoms with Gasteiger partial charge in [0.15, 0.2) is 0 Å². The molecule has 3 nitrogen and oxygen atoms in total. The van der Waals surface area contributed by atoms with E-state index in [0.29, 0.717) is 11.0 Å². The topological polar surface area (TPSA) is 60.7 Å². The summed E-state index contributed by atoms with van der Waals surface area (Å²) in [5.41, 5.74) is 1.21. The highest BCUT2D eigenvalue weighted by Gasteiger charge is 2.11. The summed E-state index contributed by atoms with van der Waals surface area (Å²) < 4.78 is 0. The fraction of sp³-hybridized carbons (Fsp3) is 0.250. The van der Waals surface area contributed by atoms with Gasteiger partial charge in [0.2, 0.25) is 0 Å². The van der Waals surface area contributed by atoms with Crippen molar-refractivity contribution in [2.45, 2.75) is 13.4 Å². The lowest BCUT2D eigenvalue weighted by Crippen LogP contribution is -2.29. The molecule has 0 fully saturated rings. The third kappa shape index (κ3) is 1.78. The van der Waals surface area contributed by atoms with Crippen LogP contribution in [0.1, 0.15) is 5.56 Å². The SMILES string of the molecule is CB(O)c1ccc(O)cc1CO. The van der Waals surface area contributed by atoms with E-state index < -0.39 is 6.92 Å². The highest BCUT2D eigenvalue weighted by Crippen LogP contribution is 2.09. The summed E-state index contributed by atoms with van der Waals surface area (Å²) in [5.74, 6) is 0.100. The van der Waals surface area contributed by atoms with Crippen molar-refractivity contribution >= 4 is 12.4 Å². The number of rotatable bonds is 2. The van der Waals surface area contributed by atoms with Crippen LogP contribution in [-0.2, 0) is 6.61 Å². The monoisotopic (exact) mass is 166 g/mol. The van der Waals surface area contributed by atoms with Crippen molar-refractivity contribution in [2.75, 3.05) is 0 Å². The molecule has 1 rings (SSSR count). The predicted octanol–water partition coefficient (Wildman–Crippen LogP) is -0.295. The summed E-state index contributed by atoms with van der Waals surface area (Å²) in [4.78, 5) is 0. The highest BCUT2D eigenvalue weighted by atomic mass is 16.3. The fourth-order valence-electron chi connectivity index (χ4n) is 1.14. The lowest BCUT2D eigenvalue weighted by atomic mass is 9.62. The molecule has 64 valence electrons. The largest absolute Gasteiger partial charge is 0.508 e. The number of hydrogen-bond donors (Lipinski definition) is 3. The first kappa shape index (κ1) is 9.10. The number of hydrogen-bond acceptors (Lipinski definition) is 3. The van der Waals surface area contributed by atoms with E-state index in [-0.39, 0.29) is 12.4 Å². The van der Waals surface area contributed by atoms with Gasteiger partial charge in [-0.1, -0.05) is 12.9 Å². The van der Waals surface area contributed by atoms with E-state index in [1.165, 1.54) is 12.1 Å². The van der Waals surface area contributed by atoms with E-state index in [2.05, 4.69) is 0 Å². The maximum atomic E-state index is 9.23. The molecule has 0 aliphatic heterocycles. The molecule has 0 heterocycles. The first-order valence-corrected chi connectivity index (χ1v) is 3.76. The molecule has 0 bridgehead atoms. The Morgan fingerprint density at radius 1 is 1.42 bits per heavy atom. The van der Waals surface area contributed by atoms with Gasteiger partial charge in [0.25, 0.3) is 0 Å². The van der Waals surface area contributed by atoms with Gasteiger partial charge in [0.05, 0.1) is 6.61 Å². The van der Waals surface area contributed by atoms with Crippen LogP contribution in [0.15, 0.2) is 18.2 Å². The molecular formula is C8H11BO3. The second-order valence-corrected chi connectivity index (χ2v) is 2.72. The van der Waals surface area contributed by atoms with Crippen molar-refractivity contribution < 1.29 is 15.2 Å². The Hall–Kier alpha value is -0.995. The number of aromatic hydroxyl groups is 1. The zero-order valence-corrected chi connectivity index (χ0v) is 6.86. The van der Waals surface area contributed by atoms with E-state index in [1.807, 2.05) is 0 Å². The molecular weight excluding hydrogens is 155 g/mol. The average Bonchev–Trinajstić information content (AvgIpc) is 2.03. The molecule has 0 atom stereocenters. The maximum absolute atomic E-state index is 9.23. The molecule has 4 heteroatoms. The molecule has 0 radical (unpaired) electrons. The summed E-state index contributed by atoms with van der Waals surface area (Å²) in [5, 5.41) is 27.2. The Morgan fingerprint density at radius 2 is 2.08 bits per heavy atom. The number of phenols is 1. The molecule has 0 unspecified atom stereocenters. The van der Waals surface area contributed by atoms with Gasteiger partial charge in [-0.05, 0) is 23.2 Å². The minimum absolute atomic E-state index is 0.100. The van der Waals surface area contributed by atoms with Crippen molar-refractivity contribution in [1.82, 2.24) is 0 Å². The van der Waals surface area contributed by atoms with Gasteiger partial charge < -0.3 is 15.2 Å². The van der Waals surface area contributed by atoms with Crippen LogP contribution >= 0.6 is 0 Å². The van der Waals surface area contributed by atoms with Crippen molar-refractivity contribution in [1.29, 1.82) is 0 Å². The van der Waals surface area contributed by atoms with E-state index in [9.17, 15) is 5.02 Å². The zero-order valence-electron chi connectivity index (χ0n) is 6.86. The van der Waals surface area contributed by atoms with Crippen LogP contribution < -0.4 is 5.46 Å². The van der Waals surface area contributed by atoms with Crippen LogP contribution in [0.4, 0.5) is 0 Å². The van der Waals surface area contributed by atoms with Gasteiger partial charge in [-0.15, -0.1) is 0 Å². The number of aliphatic hydroxyl groups is 1. The Kier molecular flexibility index (Phi) is 2.73. The second kappa shape index (κ2) is 3.60. The van der Waals surface area contributed by atoms with Gasteiger partial charge in [0, 0.05) is 0 Å². The van der Waals surface area contributed by atoms with Crippen molar-refractivity contribution in [3.8, 4) is 5.75 Å². The smallest absolute Gasteiger partial charge is 0.320 e. The Balaban J connectivity index is 3.11. The van der Waals surface area contributed by atoms with Crippen LogP contribution in [0.5, 0.6) is 5.75 Å². The van der Waals surface area contributed by atoms with Gasteiger partial charge in [-0.2, -0.15) is 0 Å². The average molecular weight is 166 g/mol. The highest BCUT2D eigenvalue weighted by molar-refractivity contribution is 6.65. The molecule has 3 N–H and O–H groups in total. The number of aliphatic hydroxyl groups excluding tert-OH is 1. The standard InChI is InChI=1S/C8H11BO3/c1-9(12)8-3-2-7(11)4-6(8)5-10/h2-4,10-12H,5H2,1H3. The number of benzene rings is 1. The summed E-state index contributed by atoms with van der Waals surface area (Å²) in [7, 11) is 0. The maximum Gasteiger partial charge on any atom is 0.320 e. The molecule has 1 aromatic carbocycles. The van der Waals surface area contributed by atoms with E-state index in [0.717, 1.165) is 0 Å². The third-order valence-electron chi connectivity index (χ3n) is 1.75. The molecule has 0 amide bonds. The summed E-state index contributed by atoms with van der Waals surface area (Å²) in [6.07, 6.45) is 0. The van der Waals surface area contributed by atoms with Crippen molar-refractivity contribution in [3.05, 3.63) is 23.8 Å². The summed E-state index contributed by atoms with van der Waals surface area (Å²) >= 11 is 0. The van der Waals surface area contributed by atoms with Gasteiger partial charge in [-0.25, -0.2) is 0 Å². The fourth-order valence-corrected chi connectivity index (χ4v) is 1.14. The number of phenolic OH excluding ortho intramolecular Hbond substituents is 1. The molecule has 0 aliphatic rings. The summed E-state index contributed by atoms with van der Waals surface area (Å²) in [6.45, 7) is 0.827. The molecule has 0 aliphatic carbocycles. The second-order valence-electron chi connectivity index (χ2n) is 2.72. The molecule has 0 spiro atoms. The minimum atomic E-state index is -0.618. The lowest BCUT2D eigenvalue weighted by Gasteiger charge is -2.07. The Morgan fingerprint density at radius 3 is 2.58 bits per heavy atom. The molecule has 1 aromatic rings. The Labute approximate surface area is 71.4 Å². The summed E-state index contributed by atoms with van der Waals surface area (Å²) in [6, 6.07) is 4.54. The lowest BCUT2D eigenvalue weighted by molar-refractivity contribution is 0.282. The van der Waals surface area contributed by atoms with Gasteiger partial charge in [0.1, 0.15) is 5.75 Å². The normalized spacial score (nSPS) is 9.92. The molecule has 0 saturated carbocycles. The van der Waals surface area contributed by atoms with Crippen molar-refractivity contribution in [2.24, 2.45) is 0 Å². The Bertz CT molecular complexity index is 273. The van der Waals surface area contributed by atoms with Crippen LogP contribution in [0.3, 0.4) is 0 Å². The van der Waals surface area contributed by atoms with E-state index >= 15 is 0 Å². The van der Waals surface area contributed by atoms with Crippen LogP contribution in [0, 0.1) is 0 Å². The van der Waals surface area contributed by atoms with Crippen molar-refractivity contribution in [3.63, 3.8) is 0 Å². The molecule has 12 heavy (non-hydrogen) atoms. The minimum Gasteiger partial charge on any atom is -0.508 e. The van der Waals surface area contributed by atoms with Gasteiger partial charge >= 0.3 is 6.92 Å². The first-order chi connectivity index (χ1) is 5.65. The first-order valence-electron chi connectivity index (χ1n) is 3.76. The van der Waals surface area contributed by atoms with Crippen LogP contribution in [0.25, 0.3) is 0 Å². The molecule has 0 saturated heterocycles. The third-order valence-corrected chi connectivity index (χ3v) is 1.75. The van der Waals surface area contributed by atoms with E-state index in [1.54, 1.807) is 12.9 Å². The van der Waals surface area contributed by atoms with Crippen LogP contribution in [0.2, 0.25) is 6.82 Å². The quantitative estimate of drug-likeness (QED) is 0.528. The molecule has 0 aromatic heterocycles. The zero-order chi connectivity index (χ0) is 9.14. The van der Waals surface area contributed by atoms with Gasteiger partial charge in [-0.3, -0.25) is 0 Å².